The van der Waals surface area contributed by atoms with E-state index in [0.717, 1.165) is 48.1 Å². The van der Waals surface area contributed by atoms with E-state index in [1.807, 2.05) is 43.5 Å². The highest BCUT2D eigenvalue weighted by atomic mass is 16.2. The van der Waals surface area contributed by atoms with E-state index < -0.39 is 6.04 Å². The molecule has 2 amide bonds. The van der Waals surface area contributed by atoms with E-state index in [4.69, 9.17) is 0 Å². The van der Waals surface area contributed by atoms with E-state index in [1.54, 1.807) is 19.3 Å². The molecule has 0 saturated heterocycles. The van der Waals surface area contributed by atoms with Crippen molar-refractivity contribution in [1.82, 2.24) is 20.1 Å². The van der Waals surface area contributed by atoms with Crippen LogP contribution in [0.1, 0.15) is 60.3 Å². The summed E-state index contributed by atoms with van der Waals surface area (Å²) in [5.41, 5.74) is 5.46. The summed E-state index contributed by atoms with van der Waals surface area (Å²) < 4.78 is 1.53. The monoisotopic (exact) mass is 459 g/mol. The Kier molecular flexibility index (Phi) is 7.40. The fourth-order valence-corrected chi connectivity index (χ4v) is 4.92. The van der Waals surface area contributed by atoms with Crippen LogP contribution in [0.15, 0.2) is 48.8 Å². The van der Waals surface area contributed by atoms with E-state index in [1.165, 1.54) is 17.5 Å². The lowest BCUT2D eigenvalue weighted by atomic mass is 9.91. The summed E-state index contributed by atoms with van der Waals surface area (Å²) in [6, 6.07) is 10.9. The molecule has 0 aliphatic heterocycles. The molecule has 1 saturated carbocycles. The maximum Gasteiger partial charge on any atom is 0.270 e. The minimum absolute atomic E-state index is 0.111. The molecular formula is C27H33N5O2. The summed E-state index contributed by atoms with van der Waals surface area (Å²) in [5, 5.41) is 10.1. The first-order chi connectivity index (χ1) is 16.4. The number of carbonyl (C=O) groups excluding carboxylic acids is 2. The Morgan fingerprint density at radius 2 is 1.68 bits per heavy atom. The van der Waals surface area contributed by atoms with Gasteiger partial charge < -0.3 is 10.6 Å². The summed E-state index contributed by atoms with van der Waals surface area (Å²) >= 11 is 0. The van der Waals surface area contributed by atoms with Gasteiger partial charge in [-0.05, 0) is 68.0 Å². The van der Waals surface area contributed by atoms with Crippen LogP contribution in [-0.4, -0.2) is 32.6 Å². The number of pyridine rings is 1. The predicted octanol–water partition coefficient (Wildman–Crippen LogP) is 4.81. The molecule has 178 valence electrons. The van der Waals surface area contributed by atoms with Crippen LogP contribution >= 0.6 is 0 Å². The minimum atomic E-state index is -0.594. The number of benzene rings is 1. The highest BCUT2D eigenvalue weighted by Crippen LogP contribution is 2.29. The maximum atomic E-state index is 13.4. The Hall–Kier alpha value is -3.48. The topological polar surface area (TPSA) is 88.9 Å². The molecule has 1 aliphatic carbocycles. The van der Waals surface area contributed by atoms with Gasteiger partial charge in [0.1, 0.15) is 11.7 Å². The van der Waals surface area contributed by atoms with E-state index in [2.05, 4.69) is 27.6 Å². The lowest BCUT2D eigenvalue weighted by Gasteiger charge is -2.26. The van der Waals surface area contributed by atoms with Crippen molar-refractivity contribution in [2.24, 2.45) is 13.0 Å². The lowest BCUT2D eigenvalue weighted by Crippen LogP contribution is -2.48. The van der Waals surface area contributed by atoms with Crippen molar-refractivity contribution in [3.63, 3.8) is 0 Å². The summed E-state index contributed by atoms with van der Waals surface area (Å²) in [4.78, 5) is 30.8. The first-order valence-electron chi connectivity index (χ1n) is 12.1. The third kappa shape index (κ3) is 5.35. The van der Waals surface area contributed by atoms with Crippen LogP contribution in [0.25, 0.3) is 11.1 Å². The number of nitrogens with one attached hydrogen (secondary N) is 2. The number of hydrogen-bond donors (Lipinski definition) is 2. The Balaban J connectivity index is 1.52. The van der Waals surface area contributed by atoms with Crippen molar-refractivity contribution in [2.45, 2.75) is 58.4 Å². The van der Waals surface area contributed by atoms with Crippen LogP contribution in [0.2, 0.25) is 0 Å². The van der Waals surface area contributed by atoms with Crippen molar-refractivity contribution in [2.75, 3.05) is 5.32 Å². The molecule has 2 aromatic heterocycles. The van der Waals surface area contributed by atoms with Crippen molar-refractivity contribution in [3.8, 4) is 11.1 Å². The zero-order chi connectivity index (χ0) is 24.1. The number of nitrogens with zero attached hydrogens (tertiary/aromatic N) is 3. The number of aromatic nitrogens is 3. The van der Waals surface area contributed by atoms with Gasteiger partial charge in [0.15, 0.2) is 0 Å². The molecule has 7 nitrogen and oxygen atoms in total. The van der Waals surface area contributed by atoms with Crippen molar-refractivity contribution in [3.05, 3.63) is 65.7 Å². The molecule has 3 aromatic rings. The molecule has 0 bridgehead atoms. The van der Waals surface area contributed by atoms with Crippen molar-refractivity contribution in [1.29, 1.82) is 0 Å². The molecule has 1 unspecified atom stereocenters. The van der Waals surface area contributed by atoms with Crippen LogP contribution in [-0.2, 0) is 11.8 Å². The summed E-state index contributed by atoms with van der Waals surface area (Å²) in [5.74, 6) is -0.342. The molecule has 2 N–H and O–H groups in total. The van der Waals surface area contributed by atoms with E-state index in [9.17, 15) is 9.59 Å². The van der Waals surface area contributed by atoms with Gasteiger partial charge in [0.2, 0.25) is 5.91 Å². The number of rotatable bonds is 6. The summed E-state index contributed by atoms with van der Waals surface area (Å²) in [6.07, 6.45) is 9.77. The number of amides is 2. The SMILES string of the molecule is Cc1ccnc(C)c1-c1ccc(NC(=O)C(NC(=O)c2ccnn2C)C2CCCCCC2)cc1. The molecule has 1 aliphatic rings. The highest BCUT2D eigenvalue weighted by Gasteiger charge is 2.31. The summed E-state index contributed by atoms with van der Waals surface area (Å²) in [7, 11) is 1.73. The number of carbonyl (C=O) groups is 2. The zero-order valence-electron chi connectivity index (χ0n) is 20.2. The van der Waals surface area contributed by atoms with Gasteiger partial charge in [0.25, 0.3) is 5.91 Å². The second-order valence-corrected chi connectivity index (χ2v) is 9.20. The zero-order valence-corrected chi connectivity index (χ0v) is 20.2. The Labute approximate surface area is 201 Å². The normalized spacial score (nSPS) is 15.4. The van der Waals surface area contributed by atoms with Gasteiger partial charge in [-0.15, -0.1) is 0 Å². The lowest BCUT2D eigenvalue weighted by molar-refractivity contribution is -0.119. The minimum Gasteiger partial charge on any atom is -0.339 e. The van der Waals surface area contributed by atoms with Crippen LogP contribution in [0, 0.1) is 19.8 Å². The van der Waals surface area contributed by atoms with E-state index in [-0.39, 0.29) is 17.7 Å². The molecule has 0 spiro atoms. The van der Waals surface area contributed by atoms with Crippen LogP contribution in [0.3, 0.4) is 0 Å². The predicted molar refractivity (Wildman–Crippen MR) is 133 cm³/mol. The number of aryl methyl sites for hydroxylation is 3. The van der Waals surface area contributed by atoms with Gasteiger partial charge in [-0.25, -0.2) is 0 Å². The third-order valence-corrected chi connectivity index (χ3v) is 6.78. The Bertz CT molecular complexity index is 1120. The molecule has 7 heteroatoms. The van der Waals surface area contributed by atoms with E-state index >= 15 is 0 Å². The van der Waals surface area contributed by atoms with Gasteiger partial charge in [-0.2, -0.15) is 5.10 Å². The average Bonchev–Trinajstić information content (AvgIpc) is 3.07. The van der Waals surface area contributed by atoms with Gasteiger partial charge in [-0.1, -0.05) is 37.8 Å². The standard InChI is InChI=1S/C27H33N5O2/c1-18-14-16-28-19(2)24(18)20-10-12-22(13-11-20)30-27(34)25(21-8-6-4-5-7-9-21)31-26(33)23-15-17-29-32(23)3/h10-17,21,25H,4-9H2,1-3H3,(H,30,34)(H,31,33). The molecular weight excluding hydrogens is 426 g/mol. The van der Waals surface area contributed by atoms with Crippen molar-refractivity contribution >= 4 is 17.5 Å². The molecule has 1 fully saturated rings. The molecule has 0 radical (unpaired) electrons. The second kappa shape index (κ2) is 10.6. The highest BCUT2D eigenvalue weighted by molar-refractivity contribution is 6.00. The van der Waals surface area contributed by atoms with Gasteiger partial charge in [0.05, 0.1) is 0 Å². The van der Waals surface area contributed by atoms with Crippen LogP contribution in [0.4, 0.5) is 5.69 Å². The van der Waals surface area contributed by atoms with Gasteiger partial charge in [0, 0.05) is 36.4 Å². The smallest absolute Gasteiger partial charge is 0.270 e. The van der Waals surface area contributed by atoms with Gasteiger partial charge in [-0.3, -0.25) is 19.3 Å². The fourth-order valence-electron chi connectivity index (χ4n) is 4.92. The molecule has 1 aromatic carbocycles. The molecule has 34 heavy (non-hydrogen) atoms. The van der Waals surface area contributed by atoms with Crippen LogP contribution < -0.4 is 10.6 Å². The Morgan fingerprint density at radius 1 is 0.971 bits per heavy atom. The van der Waals surface area contributed by atoms with E-state index in [0.29, 0.717) is 11.4 Å². The fraction of sp³-hybridized carbons (Fsp3) is 0.407. The first kappa shape index (κ1) is 23.7. The average molecular weight is 460 g/mol. The number of anilines is 1. The number of hydrogen-bond acceptors (Lipinski definition) is 4. The first-order valence-corrected chi connectivity index (χ1v) is 12.1. The van der Waals surface area contributed by atoms with Gasteiger partial charge >= 0.3 is 0 Å². The molecule has 2 heterocycles. The Morgan fingerprint density at radius 3 is 2.29 bits per heavy atom. The third-order valence-electron chi connectivity index (χ3n) is 6.78. The second-order valence-electron chi connectivity index (χ2n) is 9.20. The molecule has 4 rings (SSSR count). The molecule has 1 atom stereocenters. The van der Waals surface area contributed by atoms with Crippen molar-refractivity contribution < 1.29 is 9.59 Å². The maximum absolute atomic E-state index is 13.4. The summed E-state index contributed by atoms with van der Waals surface area (Å²) in [6.45, 7) is 4.07. The quantitative estimate of drug-likeness (QED) is 0.518. The largest absolute Gasteiger partial charge is 0.339 e. The van der Waals surface area contributed by atoms with Crippen LogP contribution in [0.5, 0.6) is 0 Å².